The van der Waals surface area contributed by atoms with E-state index in [1.807, 2.05) is 14.0 Å². The Morgan fingerprint density at radius 1 is 1.53 bits per heavy atom. The summed E-state index contributed by atoms with van der Waals surface area (Å²) in [4.78, 5) is 13.3. The van der Waals surface area contributed by atoms with Gasteiger partial charge in [0.1, 0.15) is 0 Å². The third-order valence-electron chi connectivity index (χ3n) is 2.16. The van der Waals surface area contributed by atoms with E-state index in [1.54, 1.807) is 7.05 Å². The minimum Gasteiger partial charge on any atom is -0.379 e. The van der Waals surface area contributed by atoms with E-state index in [1.165, 1.54) is 0 Å². The minimum absolute atomic E-state index is 0.00880. The molecule has 1 amide bonds. The van der Waals surface area contributed by atoms with Crippen LogP contribution in [-0.2, 0) is 9.53 Å². The van der Waals surface area contributed by atoms with Crippen molar-refractivity contribution in [3.8, 4) is 0 Å². The van der Waals surface area contributed by atoms with Crippen molar-refractivity contribution in [3.63, 3.8) is 0 Å². The topological polar surface area (TPSA) is 67.6 Å². The van der Waals surface area contributed by atoms with Crippen molar-refractivity contribution in [2.45, 2.75) is 6.92 Å². The van der Waals surface area contributed by atoms with Crippen molar-refractivity contribution >= 4 is 5.91 Å². The lowest BCUT2D eigenvalue weighted by Gasteiger charge is -2.20. The average molecular weight is 217 g/mol. The van der Waals surface area contributed by atoms with Gasteiger partial charge in [0.2, 0.25) is 5.91 Å². The van der Waals surface area contributed by atoms with Crippen molar-refractivity contribution in [1.29, 1.82) is 0 Å². The zero-order valence-corrected chi connectivity index (χ0v) is 9.95. The fourth-order valence-electron chi connectivity index (χ4n) is 1.29. The molecule has 0 rings (SSSR count). The lowest BCUT2D eigenvalue weighted by molar-refractivity contribution is -0.124. The Bertz CT molecular complexity index is 176. The largest absolute Gasteiger partial charge is 0.379 e. The van der Waals surface area contributed by atoms with Crippen molar-refractivity contribution in [2.24, 2.45) is 11.7 Å². The third kappa shape index (κ3) is 7.30. The van der Waals surface area contributed by atoms with Crippen LogP contribution in [0.5, 0.6) is 0 Å². The van der Waals surface area contributed by atoms with E-state index in [0.717, 1.165) is 13.1 Å². The van der Waals surface area contributed by atoms with Gasteiger partial charge in [-0.05, 0) is 7.05 Å². The van der Waals surface area contributed by atoms with E-state index in [4.69, 9.17) is 10.5 Å². The summed E-state index contributed by atoms with van der Waals surface area (Å²) >= 11 is 0. The Kier molecular flexibility index (Phi) is 8.27. The summed E-state index contributed by atoms with van der Waals surface area (Å²) < 4.78 is 5.25. The molecule has 5 nitrogen and oxygen atoms in total. The molecule has 0 aromatic carbocycles. The molecule has 5 heteroatoms. The van der Waals surface area contributed by atoms with Gasteiger partial charge in [-0.25, -0.2) is 0 Å². The molecule has 3 N–H and O–H groups in total. The predicted molar refractivity (Wildman–Crippen MR) is 60.6 cm³/mol. The van der Waals surface area contributed by atoms with Gasteiger partial charge in [-0.3, -0.25) is 4.79 Å². The number of nitrogens with two attached hydrogens (primary N) is 1. The van der Waals surface area contributed by atoms with Crippen LogP contribution in [0.2, 0.25) is 0 Å². The Morgan fingerprint density at radius 3 is 2.73 bits per heavy atom. The van der Waals surface area contributed by atoms with Crippen molar-refractivity contribution < 1.29 is 9.53 Å². The zero-order chi connectivity index (χ0) is 11.7. The van der Waals surface area contributed by atoms with Gasteiger partial charge < -0.3 is 20.7 Å². The molecule has 0 aromatic rings. The first kappa shape index (κ1) is 14.3. The highest BCUT2D eigenvalue weighted by atomic mass is 16.5. The number of nitrogens with one attached hydrogen (secondary N) is 1. The second-order valence-corrected chi connectivity index (χ2v) is 3.68. The molecular formula is C10H23N3O2. The van der Waals surface area contributed by atoms with Crippen LogP contribution in [0.4, 0.5) is 0 Å². The summed E-state index contributed by atoms with van der Waals surface area (Å²) in [6.45, 7) is 5.29. The summed E-state index contributed by atoms with van der Waals surface area (Å²) in [5.41, 5.74) is 5.29. The first-order valence-corrected chi connectivity index (χ1v) is 5.29. The van der Waals surface area contributed by atoms with Crippen molar-refractivity contribution in [3.05, 3.63) is 0 Å². The van der Waals surface area contributed by atoms with Gasteiger partial charge in [0.25, 0.3) is 0 Å². The molecule has 1 atom stereocenters. The van der Waals surface area contributed by atoms with Gasteiger partial charge in [0, 0.05) is 32.6 Å². The molecule has 0 aliphatic carbocycles. The molecule has 0 heterocycles. The molecular weight excluding hydrogens is 194 g/mol. The molecule has 90 valence electrons. The predicted octanol–water partition coefficient (Wildman–Crippen LogP) is -0.724. The molecule has 0 bridgehead atoms. The highest BCUT2D eigenvalue weighted by Crippen LogP contribution is 1.97. The highest BCUT2D eigenvalue weighted by Gasteiger charge is 2.12. The normalized spacial score (nSPS) is 12.9. The number of amides is 1. The lowest BCUT2D eigenvalue weighted by atomic mass is 10.1. The first-order valence-electron chi connectivity index (χ1n) is 5.29. The Labute approximate surface area is 91.9 Å². The molecule has 1 unspecified atom stereocenters. The fourth-order valence-corrected chi connectivity index (χ4v) is 1.29. The average Bonchev–Trinajstić information content (AvgIpc) is 2.23. The summed E-state index contributed by atoms with van der Waals surface area (Å²) in [7, 11) is 3.63. The van der Waals surface area contributed by atoms with Gasteiger partial charge in [-0.1, -0.05) is 6.92 Å². The number of ether oxygens (including phenoxy) is 1. The Hall–Kier alpha value is -0.650. The molecule has 0 fully saturated rings. The van der Waals surface area contributed by atoms with E-state index >= 15 is 0 Å². The van der Waals surface area contributed by atoms with Crippen LogP contribution in [0.3, 0.4) is 0 Å². The minimum atomic E-state index is 0.00880. The maximum atomic E-state index is 11.2. The van der Waals surface area contributed by atoms with Gasteiger partial charge in [0.15, 0.2) is 0 Å². The summed E-state index contributed by atoms with van der Waals surface area (Å²) in [6.07, 6.45) is 0. The Balaban J connectivity index is 3.55. The van der Waals surface area contributed by atoms with E-state index < -0.39 is 0 Å². The second kappa shape index (κ2) is 8.64. The molecule has 0 saturated carbocycles. The lowest BCUT2D eigenvalue weighted by Crippen LogP contribution is -2.35. The summed E-state index contributed by atoms with van der Waals surface area (Å²) in [5.74, 6) is 0.0826. The molecule has 0 radical (unpaired) electrons. The zero-order valence-electron chi connectivity index (χ0n) is 9.95. The van der Waals surface area contributed by atoms with Gasteiger partial charge in [-0.2, -0.15) is 0 Å². The number of hydrogen-bond acceptors (Lipinski definition) is 4. The molecule has 0 aliphatic heterocycles. The SMILES string of the molecule is CNC(=O)C(C)CN(C)CCOCCN. The number of hydrogen-bond donors (Lipinski definition) is 2. The third-order valence-corrected chi connectivity index (χ3v) is 2.16. The van der Waals surface area contributed by atoms with E-state index in [2.05, 4.69) is 10.2 Å². The number of carbonyl (C=O) groups excluding carboxylic acids is 1. The molecule has 0 spiro atoms. The van der Waals surface area contributed by atoms with Crippen molar-refractivity contribution in [2.75, 3.05) is 46.9 Å². The molecule has 0 aliphatic rings. The van der Waals surface area contributed by atoms with E-state index in [0.29, 0.717) is 19.8 Å². The van der Waals surface area contributed by atoms with Crippen LogP contribution >= 0.6 is 0 Å². The molecule has 0 aromatic heterocycles. The Morgan fingerprint density at radius 2 is 2.20 bits per heavy atom. The van der Waals surface area contributed by atoms with Gasteiger partial charge in [0.05, 0.1) is 13.2 Å². The van der Waals surface area contributed by atoms with E-state index in [-0.39, 0.29) is 11.8 Å². The molecule has 15 heavy (non-hydrogen) atoms. The first-order chi connectivity index (χ1) is 7.11. The van der Waals surface area contributed by atoms with E-state index in [9.17, 15) is 4.79 Å². The standard InChI is InChI=1S/C10H23N3O2/c1-9(10(14)12-2)8-13(3)5-7-15-6-4-11/h9H,4-8,11H2,1-3H3,(H,12,14). The molecule has 0 saturated heterocycles. The monoisotopic (exact) mass is 217 g/mol. The maximum Gasteiger partial charge on any atom is 0.223 e. The van der Waals surface area contributed by atoms with Crippen LogP contribution < -0.4 is 11.1 Å². The van der Waals surface area contributed by atoms with Crippen LogP contribution in [0.25, 0.3) is 0 Å². The highest BCUT2D eigenvalue weighted by molar-refractivity contribution is 5.78. The van der Waals surface area contributed by atoms with Crippen LogP contribution in [0, 0.1) is 5.92 Å². The quantitative estimate of drug-likeness (QED) is 0.526. The van der Waals surface area contributed by atoms with Crippen LogP contribution in [-0.4, -0.2) is 57.8 Å². The maximum absolute atomic E-state index is 11.2. The van der Waals surface area contributed by atoms with Gasteiger partial charge in [-0.15, -0.1) is 0 Å². The number of nitrogens with zero attached hydrogens (tertiary/aromatic N) is 1. The smallest absolute Gasteiger partial charge is 0.223 e. The van der Waals surface area contributed by atoms with Gasteiger partial charge >= 0.3 is 0 Å². The van der Waals surface area contributed by atoms with Crippen molar-refractivity contribution in [1.82, 2.24) is 10.2 Å². The van der Waals surface area contributed by atoms with Crippen LogP contribution in [0.15, 0.2) is 0 Å². The fraction of sp³-hybridized carbons (Fsp3) is 0.900. The number of likely N-dealkylation sites (N-methyl/N-ethyl adjacent to an activating group) is 1. The van der Waals surface area contributed by atoms with Crippen LogP contribution in [0.1, 0.15) is 6.92 Å². The summed E-state index contributed by atoms with van der Waals surface area (Å²) in [6, 6.07) is 0. The second-order valence-electron chi connectivity index (χ2n) is 3.68. The number of carbonyl (C=O) groups is 1. The number of rotatable bonds is 8. The summed E-state index contributed by atoms with van der Waals surface area (Å²) in [5, 5.41) is 2.63.